The number of hydrogen-bond donors (Lipinski definition) is 4. The molecule has 5 N–H and O–H groups in total. The van der Waals surface area contributed by atoms with Crippen molar-refractivity contribution in [3.8, 4) is 0 Å². The van der Waals surface area contributed by atoms with Gasteiger partial charge in [-0.25, -0.2) is 14.8 Å². The Kier molecular flexibility index (Phi) is 4.22. The molecule has 0 unspecified atom stereocenters. The van der Waals surface area contributed by atoms with Gasteiger partial charge in [0.1, 0.15) is 12.0 Å². The van der Waals surface area contributed by atoms with Crippen molar-refractivity contribution in [1.82, 2.24) is 9.97 Å². The molecule has 0 fully saturated rings. The van der Waals surface area contributed by atoms with Crippen molar-refractivity contribution in [2.45, 2.75) is 19.9 Å². The molecular weight excluding hydrogens is 270 g/mol. The molecule has 21 heavy (non-hydrogen) atoms. The monoisotopic (exact) mass is 287 g/mol. The van der Waals surface area contributed by atoms with Gasteiger partial charge >= 0.3 is 5.97 Å². The van der Waals surface area contributed by atoms with Gasteiger partial charge in [0.25, 0.3) is 0 Å². The highest BCUT2D eigenvalue weighted by Gasteiger charge is 2.09. The summed E-state index contributed by atoms with van der Waals surface area (Å²) < 4.78 is 0. The molecule has 7 heteroatoms. The summed E-state index contributed by atoms with van der Waals surface area (Å²) in [6, 6.07) is 6.52. The quantitative estimate of drug-likeness (QED) is 0.667. The highest BCUT2D eigenvalue weighted by atomic mass is 16.4. The topological polar surface area (TPSA) is 113 Å². The van der Waals surface area contributed by atoms with E-state index in [1.165, 1.54) is 18.5 Å². The maximum atomic E-state index is 10.8. The fourth-order valence-corrected chi connectivity index (χ4v) is 1.72. The molecule has 0 aliphatic heterocycles. The molecule has 1 aromatic carbocycles. The van der Waals surface area contributed by atoms with E-state index in [-0.39, 0.29) is 11.6 Å². The summed E-state index contributed by atoms with van der Waals surface area (Å²) in [6.45, 7) is 3.97. The van der Waals surface area contributed by atoms with Gasteiger partial charge in [0, 0.05) is 11.7 Å². The van der Waals surface area contributed by atoms with Gasteiger partial charge < -0.3 is 21.5 Å². The van der Waals surface area contributed by atoms with Gasteiger partial charge in [-0.15, -0.1) is 0 Å². The standard InChI is InChI=1S/C14H17N5O2/c1-8(2)18-12-11(15)13(17-7-16-12)19-10-5-3-9(4-6-10)14(20)21/h3-8H,15H2,1-2H3,(H,20,21)(H2,16,17,18,19). The van der Waals surface area contributed by atoms with Crippen molar-refractivity contribution in [2.75, 3.05) is 16.4 Å². The Labute approximate surface area is 122 Å². The van der Waals surface area contributed by atoms with Gasteiger partial charge in [-0.2, -0.15) is 0 Å². The molecule has 2 aromatic rings. The van der Waals surface area contributed by atoms with Crippen LogP contribution in [0.4, 0.5) is 23.0 Å². The van der Waals surface area contributed by atoms with Crippen molar-refractivity contribution < 1.29 is 9.90 Å². The summed E-state index contributed by atoms with van der Waals surface area (Å²) in [6.07, 6.45) is 1.41. The molecule has 0 bridgehead atoms. The molecule has 110 valence electrons. The number of nitrogens with zero attached hydrogens (tertiary/aromatic N) is 2. The fourth-order valence-electron chi connectivity index (χ4n) is 1.72. The van der Waals surface area contributed by atoms with Gasteiger partial charge in [0.05, 0.1) is 5.56 Å². The van der Waals surface area contributed by atoms with Crippen LogP contribution in [0.2, 0.25) is 0 Å². The zero-order chi connectivity index (χ0) is 15.4. The average molecular weight is 287 g/mol. The number of carboxylic acids is 1. The summed E-state index contributed by atoms with van der Waals surface area (Å²) in [4.78, 5) is 19.0. The molecule has 0 spiro atoms. The molecule has 0 saturated heterocycles. The number of benzene rings is 1. The molecule has 2 rings (SSSR count). The first-order valence-corrected chi connectivity index (χ1v) is 6.44. The molecule has 0 aliphatic rings. The van der Waals surface area contributed by atoms with E-state index in [0.717, 1.165) is 0 Å². The molecule has 0 radical (unpaired) electrons. The largest absolute Gasteiger partial charge is 0.478 e. The highest BCUT2D eigenvalue weighted by molar-refractivity contribution is 5.88. The van der Waals surface area contributed by atoms with Crippen LogP contribution in [0.15, 0.2) is 30.6 Å². The van der Waals surface area contributed by atoms with Gasteiger partial charge in [0.2, 0.25) is 0 Å². The minimum absolute atomic E-state index is 0.199. The molecule has 0 amide bonds. The number of nitrogens with two attached hydrogens (primary N) is 1. The maximum Gasteiger partial charge on any atom is 0.335 e. The number of carbonyl (C=O) groups is 1. The third-order valence-electron chi connectivity index (χ3n) is 2.70. The number of nitrogens with one attached hydrogen (secondary N) is 2. The zero-order valence-electron chi connectivity index (χ0n) is 11.8. The second kappa shape index (κ2) is 6.08. The zero-order valence-corrected chi connectivity index (χ0v) is 11.8. The third-order valence-corrected chi connectivity index (χ3v) is 2.70. The Morgan fingerprint density at radius 1 is 1.19 bits per heavy atom. The van der Waals surface area contributed by atoms with Crippen molar-refractivity contribution in [2.24, 2.45) is 0 Å². The second-order valence-corrected chi connectivity index (χ2v) is 4.79. The highest BCUT2D eigenvalue weighted by Crippen LogP contribution is 2.26. The lowest BCUT2D eigenvalue weighted by Gasteiger charge is -2.14. The lowest BCUT2D eigenvalue weighted by molar-refractivity contribution is 0.0697. The predicted octanol–water partition coefficient (Wildman–Crippen LogP) is 2.32. The van der Waals surface area contributed by atoms with Crippen LogP contribution >= 0.6 is 0 Å². The molecule has 0 atom stereocenters. The molecule has 7 nitrogen and oxygen atoms in total. The average Bonchev–Trinajstić information content (AvgIpc) is 2.43. The summed E-state index contributed by atoms with van der Waals surface area (Å²) in [5, 5.41) is 15.0. The van der Waals surface area contributed by atoms with Crippen LogP contribution in [-0.2, 0) is 0 Å². The lowest BCUT2D eigenvalue weighted by atomic mass is 10.2. The van der Waals surface area contributed by atoms with Crippen molar-refractivity contribution in [1.29, 1.82) is 0 Å². The number of aromatic nitrogens is 2. The summed E-state index contributed by atoms with van der Waals surface area (Å²) in [5.74, 6) is 0.0624. The number of carboxylic acid groups (broad SMARTS) is 1. The fraction of sp³-hybridized carbons (Fsp3) is 0.214. The Balaban J connectivity index is 2.21. The molecular formula is C14H17N5O2. The minimum atomic E-state index is -0.966. The third kappa shape index (κ3) is 3.59. The van der Waals surface area contributed by atoms with E-state index < -0.39 is 5.97 Å². The van der Waals surface area contributed by atoms with Crippen LogP contribution in [-0.4, -0.2) is 27.1 Å². The SMILES string of the molecule is CC(C)Nc1ncnc(Nc2ccc(C(=O)O)cc2)c1N. The summed E-state index contributed by atoms with van der Waals surface area (Å²) >= 11 is 0. The summed E-state index contributed by atoms with van der Waals surface area (Å²) in [7, 11) is 0. The first-order valence-electron chi connectivity index (χ1n) is 6.44. The van der Waals surface area contributed by atoms with Gasteiger partial charge in [-0.1, -0.05) is 0 Å². The predicted molar refractivity (Wildman–Crippen MR) is 81.9 cm³/mol. The molecule has 1 aromatic heterocycles. The number of hydrogen-bond acceptors (Lipinski definition) is 6. The first kappa shape index (κ1) is 14.6. The lowest BCUT2D eigenvalue weighted by Crippen LogP contribution is -2.14. The number of anilines is 4. The van der Waals surface area contributed by atoms with E-state index in [9.17, 15) is 4.79 Å². The van der Waals surface area contributed by atoms with Crippen LogP contribution in [0.25, 0.3) is 0 Å². The van der Waals surface area contributed by atoms with E-state index >= 15 is 0 Å². The first-order chi connectivity index (χ1) is 9.97. The Morgan fingerprint density at radius 2 is 1.81 bits per heavy atom. The van der Waals surface area contributed by atoms with Crippen LogP contribution in [0.3, 0.4) is 0 Å². The number of nitrogen functional groups attached to an aromatic ring is 1. The Hall–Kier alpha value is -2.83. The minimum Gasteiger partial charge on any atom is -0.478 e. The van der Waals surface area contributed by atoms with Gasteiger partial charge in [-0.05, 0) is 38.1 Å². The van der Waals surface area contributed by atoms with Gasteiger partial charge in [-0.3, -0.25) is 0 Å². The van der Waals surface area contributed by atoms with Crippen LogP contribution in [0.1, 0.15) is 24.2 Å². The Bertz CT molecular complexity index is 640. The van der Waals surface area contributed by atoms with Gasteiger partial charge in [0.15, 0.2) is 11.6 Å². The van der Waals surface area contributed by atoms with E-state index in [2.05, 4.69) is 20.6 Å². The maximum absolute atomic E-state index is 10.8. The van der Waals surface area contributed by atoms with Crippen molar-refractivity contribution in [3.05, 3.63) is 36.2 Å². The van der Waals surface area contributed by atoms with E-state index in [4.69, 9.17) is 10.8 Å². The van der Waals surface area contributed by atoms with E-state index in [1.807, 2.05) is 13.8 Å². The summed E-state index contributed by atoms with van der Waals surface area (Å²) in [5.41, 5.74) is 7.34. The van der Waals surface area contributed by atoms with E-state index in [0.29, 0.717) is 23.0 Å². The smallest absolute Gasteiger partial charge is 0.335 e. The normalized spacial score (nSPS) is 10.4. The molecule has 1 heterocycles. The van der Waals surface area contributed by atoms with Crippen LogP contribution in [0.5, 0.6) is 0 Å². The number of aromatic carboxylic acids is 1. The molecule has 0 saturated carbocycles. The second-order valence-electron chi connectivity index (χ2n) is 4.79. The number of rotatable bonds is 5. The van der Waals surface area contributed by atoms with E-state index in [1.54, 1.807) is 12.1 Å². The van der Waals surface area contributed by atoms with Crippen LogP contribution in [0, 0.1) is 0 Å². The van der Waals surface area contributed by atoms with Crippen molar-refractivity contribution in [3.63, 3.8) is 0 Å². The Morgan fingerprint density at radius 3 is 2.38 bits per heavy atom. The van der Waals surface area contributed by atoms with Crippen LogP contribution < -0.4 is 16.4 Å². The van der Waals surface area contributed by atoms with Crippen molar-refractivity contribution >= 4 is 29.0 Å². The molecule has 0 aliphatic carbocycles.